The molecule has 1 aromatic carbocycles. The molecule has 4 rings (SSSR count). The predicted molar refractivity (Wildman–Crippen MR) is 93.6 cm³/mol. The number of aromatic nitrogens is 5. The third kappa shape index (κ3) is 2.37. The molecule has 0 bridgehead atoms. The first-order valence-electron chi connectivity index (χ1n) is 7.32. The van der Waals surface area contributed by atoms with Crippen molar-refractivity contribution in [1.82, 2.24) is 24.6 Å². The highest BCUT2D eigenvalue weighted by Crippen LogP contribution is 2.35. The number of pyridine rings is 1. The zero-order valence-electron chi connectivity index (χ0n) is 12.8. The lowest BCUT2D eigenvalue weighted by atomic mass is 10.0. The lowest BCUT2D eigenvalue weighted by molar-refractivity contribution is 0.942. The summed E-state index contributed by atoms with van der Waals surface area (Å²) in [6.45, 7) is 1.89. The summed E-state index contributed by atoms with van der Waals surface area (Å²) in [6.07, 6.45) is 1.46. The molecule has 0 saturated carbocycles. The maximum Gasteiger partial charge on any atom is 0.223 e. The highest BCUT2D eigenvalue weighted by Gasteiger charge is 2.18. The Morgan fingerprint density at radius 1 is 1.04 bits per heavy atom. The Balaban J connectivity index is 2.12. The van der Waals surface area contributed by atoms with Crippen LogP contribution in [0.15, 0.2) is 48.8 Å². The maximum absolute atomic E-state index is 6.16. The first-order valence-corrected chi connectivity index (χ1v) is 7.70. The fourth-order valence-corrected chi connectivity index (χ4v) is 3.00. The van der Waals surface area contributed by atoms with Gasteiger partial charge in [-0.3, -0.25) is 0 Å². The van der Waals surface area contributed by atoms with Gasteiger partial charge in [0.1, 0.15) is 11.5 Å². The van der Waals surface area contributed by atoms with Gasteiger partial charge in [0.2, 0.25) is 5.95 Å². The van der Waals surface area contributed by atoms with Crippen LogP contribution in [-0.4, -0.2) is 24.6 Å². The molecule has 0 amide bonds. The quantitative estimate of drug-likeness (QED) is 0.567. The molecule has 0 aliphatic rings. The maximum atomic E-state index is 6.16. The van der Waals surface area contributed by atoms with Crippen LogP contribution >= 0.6 is 11.6 Å². The molecule has 118 valence electrons. The van der Waals surface area contributed by atoms with E-state index in [1.807, 2.05) is 43.3 Å². The van der Waals surface area contributed by atoms with E-state index in [2.05, 4.69) is 20.1 Å². The number of nitrogens with zero attached hydrogens (tertiary/aromatic N) is 5. The van der Waals surface area contributed by atoms with Crippen LogP contribution in [0.25, 0.3) is 28.0 Å². The molecule has 24 heavy (non-hydrogen) atoms. The lowest BCUT2D eigenvalue weighted by Gasteiger charge is -2.12. The Labute approximate surface area is 143 Å². The van der Waals surface area contributed by atoms with E-state index in [9.17, 15) is 0 Å². The Bertz CT molecular complexity index is 1020. The average Bonchev–Trinajstić information content (AvgIpc) is 3.04. The minimum atomic E-state index is 0.280. The van der Waals surface area contributed by atoms with Crippen molar-refractivity contribution >= 4 is 23.2 Å². The first-order chi connectivity index (χ1) is 11.6. The zero-order chi connectivity index (χ0) is 16.7. The smallest absolute Gasteiger partial charge is 0.223 e. The van der Waals surface area contributed by atoms with E-state index in [1.54, 1.807) is 6.07 Å². The number of fused-ring (bicyclic) bond motifs is 1. The summed E-state index contributed by atoms with van der Waals surface area (Å²) in [4.78, 5) is 13.1. The monoisotopic (exact) mass is 336 g/mol. The third-order valence-electron chi connectivity index (χ3n) is 3.71. The van der Waals surface area contributed by atoms with Crippen LogP contribution in [0, 0.1) is 6.92 Å². The van der Waals surface area contributed by atoms with Crippen LogP contribution < -0.4 is 5.73 Å². The number of aryl methyl sites for hydroxylation is 1. The van der Waals surface area contributed by atoms with Crippen LogP contribution in [0.1, 0.15) is 5.69 Å². The predicted octanol–water partition coefficient (Wildman–Crippen LogP) is 3.40. The van der Waals surface area contributed by atoms with E-state index < -0.39 is 0 Å². The summed E-state index contributed by atoms with van der Waals surface area (Å²) in [7, 11) is 0. The molecular weight excluding hydrogens is 324 g/mol. The molecule has 0 atom stereocenters. The van der Waals surface area contributed by atoms with Crippen molar-refractivity contribution < 1.29 is 0 Å². The minimum absolute atomic E-state index is 0.280. The molecule has 4 aromatic rings. The van der Waals surface area contributed by atoms with E-state index in [4.69, 9.17) is 17.3 Å². The summed E-state index contributed by atoms with van der Waals surface area (Å²) >= 11 is 6.16. The normalized spacial score (nSPS) is 11.1. The Hall–Kier alpha value is -2.99. The SMILES string of the molecule is Cc1cc(-c2c(-c3ccccc3)nc(N)n3ncnc23)cc(Cl)n1. The molecule has 0 aliphatic heterocycles. The molecule has 0 unspecified atom stereocenters. The Morgan fingerprint density at radius 2 is 1.83 bits per heavy atom. The van der Waals surface area contributed by atoms with E-state index in [0.717, 1.165) is 28.1 Å². The van der Waals surface area contributed by atoms with Crippen molar-refractivity contribution in [1.29, 1.82) is 0 Å². The molecule has 7 heteroatoms. The number of nitrogen functional groups attached to an aromatic ring is 1. The zero-order valence-corrected chi connectivity index (χ0v) is 13.6. The van der Waals surface area contributed by atoms with Gasteiger partial charge in [-0.1, -0.05) is 41.9 Å². The van der Waals surface area contributed by atoms with Gasteiger partial charge >= 0.3 is 0 Å². The fourth-order valence-electron chi connectivity index (χ4n) is 2.75. The van der Waals surface area contributed by atoms with Crippen molar-refractivity contribution in [3.8, 4) is 22.4 Å². The van der Waals surface area contributed by atoms with Crippen LogP contribution in [0.3, 0.4) is 0 Å². The lowest BCUT2D eigenvalue weighted by Crippen LogP contribution is -2.06. The minimum Gasteiger partial charge on any atom is -0.368 e. The third-order valence-corrected chi connectivity index (χ3v) is 3.90. The first kappa shape index (κ1) is 14.6. The summed E-state index contributed by atoms with van der Waals surface area (Å²) < 4.78 is 1.52. The van der Waals surface area contributed by atoms with Crippen molar-refractivity contribution in [3.63, 3.8) is 0 Å². The molecule has 0 saturated heterocycles. The van der Waals surface area contributed by atoms with E-state index in [0.29, 0.717) is 10.8 Å². The highest BCUT2D eigenvalue weighted by molar-refractivity contribution is 6.29. The highest BCUT2D eigenvalue weighted by atomic mass is 35.5. The molecule has 2 N–H and O–H groups in total. The topological polar surface area (TPSA) is 82.0 Å². The van der Waals surface area contributed by atoms with E-state index in [1.165, 1.54) is 10.8 Å². The van der Waals surface area contributed by atoms with Gasteiger partial charge in [-0.05, 0) is 24.6 Å². The Kier molecular flexibility index (Phi) is 3.39. The van der Waals surface area contributed by atoms with E-state index >= 15 is 0 Å². The molecule has 0 fully saturated rings. The summed E-state index contributed by atoms with van der Waals surface area (Å²) in [5, 5.41) is 4.57. The molecular formula is C17H13ClN6. The molecule has 0 aliphatic carbocycles. The van der Waals surface area contributed by atoms with Gasteiger partial charge in [0.15, 0.2) is 5.65 Å². The number of rotatable bonds is 2. The van der Waals surface area contributed by atoms with Crippen molar-refractivity contribution in [3.05, 3.63) is 59.6 Å². The standard InChI is InChI=1S/C17H13ClN6/c1-10-7-12(8-13(18)22-10)14-15(11-5-3-2-4-6-11)23-17(19)24-16(14)20-9-21-24/h2-9H,1H3,(H2,19,23). The molecule has 0 spiro atoms. The van der Waals surface area contributed by atoms with Gasteiger partial charge in [0.25, 0.3) is 0 Å². The van der Waals surface area contributed by atoms with Crippen LogP contribution in [0.2, 0.25) is 5.15 Å². The van der Waals surface area contributed by atoms with Crippen molar-refractivity contribution in [2.24, 2.45) is 0 Å². The molecule has 6 nitrogen and oxygen atoms in total. The number of anilines is 1. The number of benzene rings is 1. The van der Waals surface area contributed by atoms with Crippen LogP contribution in [0.4, 0.5) is 5.95 Å². The molecule has 3 aromatic heterocycles. The fraction of sp³-hybridized carbons (Fsp3) is 0.0588. The number of hydrogen-bond acceptors (Lipinski definition) is 5. The molecule has 0 radical (unpaired) electrons. The summed E-state index contributed by atoms with van der Waals surface area (Å²) in [5.41, 5.74) is 10.9. The van der Waals surface area contributed by atoms with Crippen molar-refractivity contribution in [2.75, 3.05) is 5.73 Å². The largest absolute Gasteiger partial charge is 0.368 e. The average molecular weight is 337 g/mol. The van der Waals surface area contributed by atoms with Gasteiger partial charge in [0.05, 0.1) is 11.3 Å². The second-order valence-corrected chi connectivity index (χ2v) is 5.76. The number of nitrogens with two attached hydrogens (primary N) is 1. The number of halogens is 1. The number of hydrogen-bond donors (Lipinski definition) is 1. The summed E-state index contributed by atoms with van der Waals surface area (Å²) in [5.74, 6) is 0.280. The van der Waals surface area contributed by atoms with Crippen molar-refractivity contribution in [2.45, 2.75) is 6.92 Å². The van der Waals surface area contributed by atoms with E-state index in [-0.39, 0.29) is 5.95 Å². The van der Waals surface area contributed by atoms with Crippen LogP contribution in [-0.2, 0) is 0 Å². The second-order valence-electron chi connectivity index (χ2n) is 5.38. The van der Waals surface area contributed by atoms with Crippen LogP contribution in [0.5, 0.6) is 0 Å². The van der Waals surface area contributed by atoms with Gasteiger partial charge in [-0.15, -0.1) is 0 Å². The summed E-state index contributed by atoms with van der Waals surface area (Å²) in [6, 6.07) is 13.6. The second kappa shape index (κ2) is 5.58. The van der Waals surface area contributed by atoms with Gasteiger partial charge in [0, 0.05) is 11.3 Å². The van der Waals surface area contributed by atoms with Gasteiger partial charge in [-0.2, -0.15) is 9.61 Å². The Morgan fingerprint density at radius 3 is 2.58 bits per heavy atom. The van der Waals surface area contributed by atoms with Gasteiger partial charge in [-0.25, -0.2) is 15.0 Å². The van der Waals surface area contributed by atoms with Gasteiger partial charge < -0.3 is 5.73 Å². The molecule has 3 heterocycles.